The first-order valence-corrected chi connectivity index (χ1v) is 11.8. The summed E-state index contributed by atoms with van der Waals surface area (Å²) in [5.74, 6) is 1.55. The number of nitrogens with one attached hydrogen (secondary N) is 4. The van der Waals surface area contributed by atoms with Gasteiger partial charge in [0, 0.05) is 25.9 Å². The van der Waals surface area contributed by atoms with Crippen LogP contribution >= 0.6 is 0 Å². The largest absolute Gasteiger partial charge is 0.457 e. The van der Waals surface area contributed by atoms with Crippen molar-refractivity contribution in [1.82, 2.24) is 21.3 Å². The molecule has 7 nitrogen and oxygen atoms in total. The van der Waals surface area contributed by atoms with E-state index >= 15 is 0 Å². The summed E-state index contributed by atoms with van der Waals surface area (Å²) >= 11 is 0. The van der Waals surface area contributed by atoms with E-state index in [0.29, 0.717) is 37.4 Å². The van der Waals surface area contributed by atoms with Crippen molar-refractivity contribution in [1.29, 1.82) is 0 Å². The van der Waals surface area contributed by atoms with Gasteiger partial charge in [-0.1, -0.05) is 24.3 Å². The van der Waals surface area contributed by atoms with E-state index < -0.39 is 0 Å². The maximum Gasteiger partial charge on any atom is 0.220 e. The lowest BCUT2D eigenvalue weighted by Crippen LogP contribution is -2.22. The van der Waals surface area contributed by atoms with Gasteiger partial charge in [-0.15, -0.1) is 0 Å². The van der Waals surface area contributed by atoms with Crippen LogP contribution in [0.2, 0.25) is 0 Å². The Kier molecular flexibility index (Phi) is 12.6. The van der Waals surface area contributed by atoms with E-state index in [4.69, 9.17) is 4.74 Å². The summed E-state index contributed by atoms with van der Waals surface area (Å²) in [6, 6.07) is 15.4. The van der Waals surface area contributed by atoms with E-state index in [1.54, 1.807) is 0 Å². The Labute approximate surface area is 197 Å². The van der Waals surface area contributed by atoms with Crippen LogP contribution in [0.1, 0.15) is 49.7 Å². The Morgan fingerprint density at radius 2 is 1.15 bits per heavy atom. The minimum atomic E-state index is 0.0641. The lowest BCUT2D eigenvalue weighted by Gasteiger charge is -2.11. The van der Waals surface area contributed by atoms with Crippen LogP contribution in [0.25, 0.3) is 0 Å². The first-order chi connectivity index (χ1) is 16.1. The zero-order chi connectivity index (χ0) is 23.7. The van der Waals surface area contributed by atoms with Gasteiger partial charge in [0.1, 0.15) is 11.5 Å². The second kappa shape index (κ2) is 15.8. The fraction of sp³-hybridized carbons (Fsp3) is 0.462. The van der Waals surface area contributed by atoms with Gasteiger partial charge in [0.15, 0.2) is 0 Å². The lowest BCUT2D eigenvalue weighted by molar-refractivity contribution is -0.122. The maximum atomic E-state index is 12.0. The fourth-order valence-electron chi connectivity index (χ4n) is 3.33. The number of carbonyl (C=O) groups is 2. The molecule has 0 aliphatic heterocycles. The van der Waals surface area contributed by atoms with Gasteiger partial charge in [0.25, 0.3) is 0 Å². The van der Waals surface area contributed by atoms with Gasteiger partial charge >= 0.3 is 0 Å². The number of carbonyl (C=O) groups excluding carboxylic acids is 2. The summed E-state index contributed by atoms with van der Waals surface area (Å²) in [5.41, 5.74) is 1.97. The molecule has 180 valence electrons. The number of amides is 2. The van der Waals surface area contributed by atoms with Crippen molar-refractivity contribution in [3.63, 3.8) is 0 Å². The highest BCUT2D eigenvalue weighted by Crippen LogP contribution is 2.23. The highest BCUT2D eigenvalue weighted by atomic mass is 16.5. The Balaban J connectivity index is 1.80. The normalized spacial score (nSPS) is 10.6. The third-order valence-corrected chi connectivity index (χ3v) is 5.17. The van der Waals surface area contributed by atoms with E-state index in [9.17, 15) is 9.59 Å². The maximum absolute atomic E-state index is 12.0. The van der Waals surface area contributed by atoms with E-state index in [0.717, 1.165) is 49.9 Å². The first kappa shape index (κ1) is 26.4. The van der Waals surface area contributed by atoms with Crippen molar-refractivity contribution >= 4 is 11.8 Å². The topological polar surface area (TPSA) is 91.5 Å². The number of benzene rings is 2. The molecule has 0 spiro atoms. The predicted molar refractivity (Wildman–Crippen MR) is 132 cm³/mol. The summed E-state index contributed by atoms with van der Waals surface area (Å²) in [6.07, 6.45) is 4.82. The number of hydrogen-bond acceptors (Lipinski definition) is 5. The summed E-state index contributed by atoms with van der Waals surface area (Å²) in [7, 11) is 3.83. The van der Waals surface area contributed by atoms with Crippen molar-refractivity contribution in [2.45, 2.75) is 51.6 Å². The molecule has 4 N–H and O–H groups in total. The van der Waals surface area contributed by atoms with Crippen molar-refractivity contribution in [3.8, 4) is 11.5 Å². The van der Waals surface area contributed by atoms with Crippen LogP contribution in [0.4, 0.5) is 0 Å². The molecular formula is C26H38N4O3. The molecule has 0 saturated carbocycles. The van der Waals surface area contributed by atoms with Crippen LogP contribution in [0, 0.1) is 0 Å². The van der Waals surface area contributed by atoms with Gasteiger partial charge in [-0.25, -0.2) is 0 Å². The molecule has 2 rings (SSSR count). The van der Waals surface area contributed by atoms with Crippen molar-refractivity contribution in [3.05, 3.63) is 59.7 Å². The number of ether oxygens (including phenoxy) is 1. The molecule has 0 fully saturated rings. The van der Waals surface area contributed by atoms with E-state index in [1.165, 1.54) is 0 Å². The zero-order valence-electron chi connectivity index (χ0n) is 19.9. The minimum absolute atomic E-state index is 0.0641. The van der Waals surface area contributed by atoms with Gasteiger partial charge in [0.2, 0.25) is 11.8 Å². The molecule has 2 amide bonds. The fourth-order valence-corrected chi connectivity index (χ4v) is 3.33. The van der Waals surface area contributed by atoms with Crippen LogP contribution in [0.15, 0.2) is 48.5 Å². The van der Waals surface area contributed by atoms with Gasteiger partial charge in [-0.2, -0.15) is 0 Å². The molecular weight excluding hydrogens is 416 g/mol. The molecule has 0 heterocycles. The van der Waals surface area contributed by atoms with E-state index in [2.05, 4.69) is 21.3 Å². The smallest absolute Gasteiger partial charge is 0.220 e. The lowest BCUT2D eigenvalue weighted by atomic mass is 10.2. The van der Waals surface area contributed by atoms with Gasteiger partial charge in [-0.05, 0) is 88.3 Å². The first-order valence-electron chi connectivity index (χ1n) is 11.8. The molecule has 0 aliphatic carbocycles. The minimum Gasteiger partial charge on any atom is -0.457 e. The van der Waals surface area contributed by atoms with Crippen LogP contribution in [0.5, 0.6) is 11.5 Å². The van der Waals surface area contributed by atoms with E-state index in [1.807, 2.05) is 62.6 Å². The second-order valence-electron chi connectivity index (χ2n) is 8.07. The molecule has 0 bridgehead atoms. The van der Waals surface area contributed by atoms with E-state index in [-0.39, 0.29) is 11.8 Å². The number of hydrogen-bond donors (Lipinski definition) is 4. The average Bonchev–Trinajstić information content (AvgIpc) is 2.82. The summed E-state index contributed by atoms with van der Waals surface area (Å²) in [6.45, 7) is 2.80. The molecule has 7 heteroatoms. The van der Waals surface area contributed by atoms with Crippen LogP contribution in [-0.2, 0) is 22.7 Å². The Hall–Kier alpha value is -2.90. The Morgan fingerprint density at radius 3 is 1.58 bits per heavy atom. The highest BCUT2D eigenvalue weighted by Gasteiger charge is 2.05. The molecule has 0 aromatic heterocycles. The average molecular weight is 455 g/mol. The van der Waals surface area contributed by atoms with Crippen LogP contribution < -0.4 is 26.0 Å². The predicted octanol–water partition coefficient (Wildman–Crippen LogP) is 3.49. The number of rotatable bonds is 16. The third kappa shape index (κ3) is 11.5. The molecule has 0 atom stereocenters. The Bertz CT molecular complexity index is 787. The van der Waals surface area contributed by atoms with Gasteiger partial charge < -0.3 is 26.0 Å². The molecule has 0 saturated heterocycles. The SMILES string of the molecule is CNCCCCC(=O)NCc1cccc(Oc2cccc(CNC(=O)CCCCNC)c2)c1. The molecule has 0 unspecified atom stereocenters. The van der Waals surface area contributed by atoms with Gasteiger partial charge in [-0.3, -0.25) is 9.59 Å². The monoisotopic (exact) mass is 454 g/mol. The van der Waals surface area contributed by atoms with Crippen molar-refractivity contribution in [2.24, 2.45) is 0 Å². The quantitative estimate of drug-likeness (QED) is 0.292. The number of unbranched alkanes of at least 4 members (excludes halogenated alkanes) is 2. The highest BCUT2D eigenvalue weighted by molar-refractivity contribution is 5.76. The summed E-state index contributed by atoms with van der Waals surface area (Å²) < 4.78 is 6.02. The van der Waals surface area contributed by atoms with Crippen LogP contribution in [-0.4, -0.2) is 39.0 Å². The summed E-state index contributed by atoms with van der Waals surface area (Å²) in [5, 5.41) is 12.1. The molecule has 0 aliphatic rings. The zero-order valence-corrected chi connectivity index (χ0v) is 19.9. The molecule has 2 aromatic carbocycles. The van der Waals surface area contributed by atoms with Crippen molar-refractivity contribution in [2.75, 3.05) is 27.2 Å². The molecule has 2 aromatic rings. The third-order valence-electron chi connectivity index (χ3n) is 5.17. The molecule has 0 radical (unpaired) electrons. The van der Waals surface area contributed by atoms with Gasteiger partial charge in [0.05, 0.1) is 0 Å². The molecule has 33 heavy (non-hydrogen) atoms. The van der Waals surface area contributed by atoms with Crippen LogP contribution in [0.3, 0.4) is 0 Å². The standard InChI is InChI=1S/C26H38N4O3/c1-27-15-5-3-13-25(31)29-19-21-9-7-11-23(17-21)33-24-12-8-10-22(18-24)20-30-26(32)14-4-6-16-28-2/h7-12,17-18,27-28H,3-6,13-16,19-20H2,1-2H3,(H,29,31)(H,30,32). The van der Waals surface area contributed by atoms with Crippen molar-refractivity contribution < 1.29 is 14.3 Å². The summed E-state index contributed by atoms with van der Waals surface area (Å²) in [4.78, 5) is 24.0. The Morgan fingerprint density at radius 1 is 0.697 bits per heavy atom. The second-order valence-corrected chi connectivity index (χ2v) is 8.07.